The van der Waals surface area contributed by atoms with Crippen molar-refractivity contribution in [3.8, 4) is 23.3 Å². The third kappa shape index (κ3) is 3.90. The number of anilines is 1. The summed E-state index contributed by atoms with van der Waals surface area (Å²) in [6.07, 6.45) is 1.30. The van der Waals surface area contributed by atoms with Gasteiger partial charge in [-0.15, -0.1) is 0 Å². The Morgan fingerprint density at radius 1 is 1.27 bits per heavy atom. The Kier molecular flexibility index (Phi) is 5.62. The Hall–Kier alpha value is -4.03. The predicted molar refractivity (Wildman–Crippen MR) is 109 cm³/mol. The fraction of sp³-hybridized carbons (Fsp3) is 0.100. The number of methoxy groups -OCH3 is 1. The van der Waals surface area contributed by atoms with Crippen molar-refractivity contribution in [3.63, 3.8) is 0 Å². The van der Waals surface area contributed by atoms with E-state index >= 15 is 0 Å². The van der Waals surface area contributed by atoms with E-state index in [0.29, 0.717) is 10.8 Å². The lowest BCUT2D eigenvalue weighted by molar-refractivity contribution is -0.384. The van der Waals surface area contributed by atoms with Crippen LogP contribution in [-0.2, 0) is 4.74 Å². The first kappa shape index (κ1) is 20.7. The molecule has 0 radical (unpaired) electrons. The molecule has 0 aliphatic carbocycles. The first-order valence-corrected chi connectivity index (χ1v) is 8.86. The van der Waals surface area contributed by atoms with E-state index in [1.54, 1.807) is 25.1 Å². The SMILES string of the molecule is COC(=O)c1c(N)c(C#N)cn1-c1cc(Oc2ccc(Cl)c(C)c2)cc([N+](=O)[O-])c1. The van der Waals surface area contributed by atoms with Gasteiger partial charge in [0, 0.05) is 23.4 Å². The van der Waals surface area contributed by atoms with E-state index in [9.17, 15) is 20.2 Å². The number of rotatable bonds is 5. The molecule has 0 aliphatic rings. The Morgan fingerprint density at radius 3 is 2.60 bits per heavy atom. The fourth-order valence-electron chi connectivity index (χ4n) is 2.81. The molecule has 0 amide bonds. The van der Waals surface area contributed by atoms with Crippen molar-refractivity contribution in [2.24, 2.45) is 0 Å². The Balaban J connectivity index is 2.17. The van der Waals surface area contributed by atoms with Crippen LogP contribution in [0.3, 0.4) is 0 Å². The summed E-state index contributed by atoms with van der Waals surface area (Å²) in [4.78, 5) is 23.1. The summed E-state index contributed by atoms with van der Waals surface area (Å²) in [5.74, 6) is -0.236. The summed E-state index contributed by atoms with van der Waals surface area (Å²) in [5.41, 5.74) is 6.39. The topological polar surface area (TPSA) is 133 Å². The van der Waals surface area contributed by atoms with Gasteiger partial charge in [0.2, 0.25) is 0 Å². The van der Waals surface area contributed by atoms with E-state index in [1.807, 2.05) is 6.07 Å². The van der Waals surface area contributed by atoms with E-state index in [2.05, 4.69) is 0 Å². The number of nitrogens with two attached hydrogens (primary N) is 1. The largest absolute Gasteiger partial charge is 0.464 e. The van der Waals surface area contributed by atoms with E-state index in [-0.39, 0.29) is 34.1 Å². The molecule has 9 nitrogen and oxygen atoms in total. The lowest BCUT2D eigenvalue weighted by Crippen LogP contribution is -2.11. The summed E-state index contributed by atoms with van der Waals surface area (Å²) >= 11 is 6.02. The number of nitrogens with zero attached hydrogens (tertiary/aromatic N) is 3. The maximum atomic E-state index is 12.2. The van der Waals surface area contributed by atoms with Gasteiger partial charge in [-0.25, -0.2) is 4.79 Å². The van der Waals surface area contributed by atoms with Crippen molar-refractivity contribution < 1.29 is 19.2 Å². The van der Waals surface area contributed by atoms with Crippen LogP contribution in [0.25, 0.3) is 5.69 Å². The van der Waals surface area contributed by atoms with Gasteiger partial charge in [-0.1, -0.05) is 11.6 Å². The Bertz CT molecular complexity index is 1210. The molecule has 0 fully saturated rings. The van der Waals surface area contributed by atoms with E-state index in [0.717, 1.165) is 12.7 Å². The monoisotopic (exact) mass is 426 g/mol. The highest BCUT2D eigenvalue weighted by Crippen LogP contribution is 2.33. The molecule has 0 saturated heterocycles. The highest BCUT2D eigenvalue weighted by Gasteiger charge is 2.23. The number of benzene rings is 2. The van der Waals surface area contributed by atoms with Crippen LogP contribution in [0.5, 0.6) is 11.5 Å². The van der Waals surface area contributed by atoms with Crippen molar-refractivity contribution in [3.05, 3.63) is 74.6 Å². The molecule has 0 saturated carbocycles. The van der Waals surface area contributed by atoms with Crippen LogP contribution in [0.15, 0.2) is 42.6 Å². The predicted octanol–water partition coefficient (Wildman–Crippen LogP) is 4.38. The molecule has 0 bridgehead atoms. The number of carbonyl (C=O) groups is 1. The van der Waals surface area contributed by atoms with Crippen LogP contribution in [0, 0.1) is 28.4 Å². The summed E-state index contributed by atoms with van der Waals surface area (Å²) in [7, 11) is 1.16. The van der Waals surface area contributed by atoms with Gasteiger partial charge in [-0.3, -0.25) is 10.1 Å². The zero-order valence-electron chi connectivity index (χ0n) is 15.9. The molecule has 152 valence electrons. The van der Waals surface area contributed by atoms with Crippen molar-refractivity contribution in [1.82, 2.24) is 4.57 Å². The third-order valence-electron chi connectivity index (χ3n) is 4.27. The number of non-ortho nitro benzene ring substituents is 1. The Labute approximate surface area is 176 Å². The quantitative estimate of drug-likeness (QED) is 0.363. The van der Waals surface area contributed by atoms with Crippen LogP contribution >= 0.6 is 11.6 Å². The molecule has 0 aliphatic heterocycles. The highest BCUT2D eigenvalue weighted by molar-refractivity contribution is 6.31. The number of aryl methyl sites for hydroxylation is 1. The van der Waals surface area contributed by atoms with Gasteiger partial charge in [-0.05, 0) is 30.7 Å². The smallest absolute Gasteiger partial charge is 0.357 e. The molecule has 0 unspecified atom stereocenters. The number of carbonyl (C=O) groups excluding carboxylic acids is 1. The standard InChI is InChI=1S/C20H15ClN4O5/c1-11-5-15(3-4-17(11)21)30-16-7-13(6-14(8-16)25(27)28)24-10-12(9-22)18(23)19(24)20(26)29-2/h3-8,10H,23H2,1-2H3. The lowest BCUT2D eigenvalue weighted by atomic mass is 10.2. The summed E-state index contributed by atoms with van der Waals surface area (Å²) < 4.78 is 11.8. The molecule has 2 aromatic carbocycles. The Morgan fingerprint density at radius 2 is 2.00 bits per heavy atom. The van der Waals surface area contributed by atoms with E-state index in [4.69, 9.17) is 26.8 Å². The van der Waals surface area contributed by atoms with Crippen LogP contribution in [-0.4, -0.2) is 22.6 Å². The number of halogens is 1. The van der Waals surface area contributed by atoms with Crippen LogP contribution in [0.4, 0.5) is 11.4 Å². The second kappa shape index (κ2) is 8.14. The van der Waals surface area contributed by atoms with Crippen molar-refractivity contribution in [1.29, 1.82) is 5.26 Å². The summed E-state index contributed by atoms with van der Waals surface area (Å²) in [6.45, 7) is 1.79. The van der Waals surface area contributed by atoms with Crippen molar-refractivity contribution >= 4 is 28.9 Å². The van der Waals surface area contributed by atoms with Crippen LogP contribution < -0.4 is 10.5 Å². The summed E-state index contributed by atoms with van der Waals surface area (Å²) in [5, 5.41) is 21.3. The van der Waals surface area contributed by atoms with Gasteiger partial charge < -0.3 is 19.8 Å². The number of nitro benzene ring substituents is 1. The number of nitro groups is 1. The molecule has 1 heterocycles. The molecule has 30 heavy (non-hydrogen) atoms. The van der Waals surface area contributed by atoms with Gasteiger partial charge in [-0.2, -0.15) is 5.26 Å². The number of ether oxygens (including phenoxy) is 2. The van der Waals surface area contributed by atoms with Crippen molar-refractivity contribution in [2.75, 3.05) is 12.8 Å². The third-order valence-corrected chi connectivity index (χ3v) is 4.70. The molecule has 3 rings (SSSR count). The molecule has 10 heteroatoms. The minimum absolute atomic E-state index is 0.0256. The van der Waals surface area contributed by atoms with Gasteiger partial charge in [0.1, 0.15) is 17.6 Å². The number of aromatic nitrogens is 1. The molecule has 0 atom stereocenters. The second-order valence-corrected chi connectivity index (χ2v) is 6.64. The first-order valence-electron chi connectivity index (χ1n) is 8.48. The fourth-order valence-corrected chi connectivity index (χ4v) is 2.92. The van der Waals surface area contributed by atoms with Crippen molar-refractivity contribution in [2.45, 2.75) is 6.92 Å². The maximum absolute atomic E-state index is 12.2. The zero-order chi connectivity index (χ0) is 22.0. The number of esters is 1. The maximum Gasteiger partial charge on any atom is 0.357 e. The second-order valence-electron chi connectivity index (χ2n) is 6.23. The molecule has 3 aromatic rings. The molecule has 0 spiro atoms. The number of nitrogen functional groups attached to an aromatic ring is 1. The minimum Gasteiger partial charge on any atom is -0.464 e. The molecular formula is C20H15ClN4O5. The van der Waals surface area contributed by atoms with Gasteiger partial charge in [0.15, 0.2) is 5.69 Å². The minimum atomic E-state index is -0.795. The van der Waals surface area contributed by atoms with Crippen LogP contribution in [0.1, 0.15) is 21.6 Å². The van der Waals surface area contributed by atoms with Gasteiger partial charge >= 0.3 is 5.97 Å². The molecular weight excluding hydrogens is 412 g/mol. The van der Waals surface area contributed by atoms with Crippen LogP contribution in [0.2, 0.25) is 5.02 Å². The normalized spacial score (nSPS) is 10.3. The number of hydrogen-bond acceptors (Lipinski definition) is 7. The zero-order valence-corrected chi connectivity index (χ0v) is 16.6. The van der Waals surface area contributed by atoms with E-state index in [1.165, 1.54) is 29.0 Å². The number of nitriles is 1. The van der Waals surface area contributed by atoms with Gasteiger partial charge in [0.05, 0.1) is 35.0 Å². The van der Waals surface area contributed by atoms with E-state index < -0.39 is 10.9 Å². The lowest BCUT2D eigenvalue weighted by Gasteiger charge is -2.12. The average molecular weight is 427 g/mol. The first-order chi connectivity index (χ1) is 14.2. The highest BCUT2D eigenvalue weighted by atomic mass is 35.5. The molecule has 2 N–H and O–H groups in total. The molecule has 1 aromatic heterocycles. The van der Waals surface area contributed by atoms with Gasteiger partial charge in [0.25, 0.3) is 5.69 Å². The number of hydrogen-bond donors (Lipinski definition) is 1. The average Bonchev–Trinajstić information content (AvgIpc) is 3.06. The summed E-state index contributed by atoms with van der Waals surface area (Å²) in [6, 6.07) is 10.8.